The molecule has 4 nitrogen and oxygen atoms in total. The maximum atomic E-state index is 5.72. The molecule has 23 heavy (non-hydrogen) atoms. The van der Waals surface area contributed by atoms with Crippen LogP contribution in [0.25, 0.3) is 12.2 Å². The monoisotopic (exact) mass is 313 g/mol. The van der Waals surface area contributed by atoms with Crippen molar-refractivity contribution in [3.8, 4) is 5.75 Å². The molecular formula is C19H23NO3. The van der Waals surface area contributed by atoms with E-state index in [0.29, 0.717) is 6.61 Å². The highest BCUT2D eigenvalue weighted by molar-refractivity contribution is 5.69. The molecule has 1 aromatic heterocycles. The highest BCUT2D eigenvalue weighted by atomic mass is 16.7. The van der Waals surface area contributed by atoms with Crippen molar-refractivity contribution in [1.29, 1.82) is 0 Å². The maximum Gasteiger partial charge on any atom is 0.156 e. The van der Waals surface area contributed by atoms with Crippen molar-refractivity contribution in [2.45, 2.75) is 19.1 Å². The second kappa shape index (κ2) is 9.77. The summed E-state index contributed by atoms with van der Waals surface area (Å²) in [6.07, 6.45) is 9.26. The second-order valence-corrected chi connectivity index (χ2v) is 5.07. The third-order valence-electron chi connectivity index (χ3n) is 3.43. The highest BCUT2D eigenvalue weighted by Gasteiger charge is 2.04. The van der Waals surface area contributed by atoms with Gasteiger partial charge in [-0.25, -0.2) is 0 Å². The fourth-order valence-corrected chi connectivity index (χ4v) is 2.11. The van der Waals surface area contributed by atoms with Crippen molar-refractivity contribution in [2.75, 3.05) is 20.8 Å². The highest BCUT2D eigenvalue weighted by Crippen LogP contribution is 2.15. The normalized spacial score (nSPS) is 11.3. The van der Waals surface area contributed by atoms with Gasteiger partial charge in [0.25, 0.3) is 0 Å². The molecule has 0 aliphatic rings. The first-order chi connectivity index (χ1) is 11.3. The van der Waals surface area contributed by atoms with Gasteiger partial charge in [0.1, 0.15) is 5.75 Å². The molecule has 0 saturated heterocycles. The number of rotatable bonds is 9. The zero-order valence-corrected chi connectivity index (χ0v) is 13.6. The molecule has 4 heteroatoms. The SMILES string of the molecule is COC(CCCOc1ccc(/C=C/c2ccncc2)cc1)OC. The fourth-order valence-electron chi connectivity index (χ4n) is 2.11. The molecule has 0 N–H and O–H groups in total. The minimum Gasteiger partial charge on any atom is -0.494 e. The van der Waals surface area contributed by atoms with Gasteiger partial charge in [-0.15, -0.1) is 0 Å². The molecule has 0 aliphatic heterocycles. The van der Waals surface area contributed by atoms with E-state index in [1.807, 2.05) is 36.4 Å². The van der Waals surface area contributed by atoms with Crippen LogP contribution in [-0.2, 0) is 9.47 Å². The van der Waals surface area contributed by atoms with Gasteiger partial charge in [-0.05, 0) is 41.8 Å². The lowest BCUT2D eigenvalue weighted by Crippen LogP contribution is -2.14. The van der Waals surface area contributed by atoms with E-state index in [9.17, 15) is 0 Å². The molecule has 0 radical (unpaired) electrons. The molecule has 0 amide bonds. The Morgan fingerprint density at radius 2 is 1.52 bits per heavy atom. The smallest absolute Gasteiger partial charge is 0.156 e. The third kappa shape index (κ3) is 6.22. The first-order valence-corrected chi connectivity index (χ1v) is 7.68. The molecule has 0 bridgehead atoms. The number of hydrogen-bond donors (Lipinski definition) is 0. The quantitative estimate of drug-likeness (QED) is 0.518. The van der Waals surface area contributed by atoms with Gasteiger partial charge < -0.3 is 14.2 Å². The standard InChI is InChI=1S/C19H23NO3/c1-21-19(22-2)4-3-15-23-18-9-7-16(8-10-18)5-6-17-11-13-20-14-12-17/h5-14,19H,3-4,15H2,1-2H3/b6-5+. The first-order valence-electron chi connectivity index (χ1n) is 7.68. The van der Waals surface area contributed by atoms with Gasteiger partial charge in [-0.2, -0.15) is 0 Å². The molecule has 1 heterocycles. The van der Waals surface area contributed by atoms with E-state index in [0.717, 1.165) is 29.7 Å². The van der Waals surface area contributed by atoms with Crippen LogP contribution in [0.2, 0.25) is 0 Å². The van der Waals surface area contributed by atoms with Crippen molar-refractivity contribution in [2.24, 2.45) is 0 Å². The van der Waals surface area contributed by atoms with Crippen molar-refractivity contribution >= 4 is 12.2 Å². The topological polar surface area (TPSA) is 40.6 Å². The molecule has 0 aliphatic carbocycles. The van der Waals surface area contributed by atoms with Crippen LogP contribution in [0.5, 0.6) is 5.75 Å². The average Bonchev–Trinajstić information content (AvgIpc) is 2.62. The zero-order valence-electron chi connectivity index (χ0n) is 13.6. The second-order valence-electron chi connectivity index (χ2n) is 5.07. The van der Waals surface area contributed by atoms with Crippen LogP contribution >= 0.6 is 0 Å². The van der Waals surface area contributed by atoms with E-state index in [1.54, 1.807) is 26.6 Å². The molecule has 122 valence electrons. The van der Waals surface area contributed by atoms with Crippen LogP contribution in [-0.4, -0.2) is 32.1 Å². The number of aromatic nitrogens is 1. The lowest BCUT2D eigenvalue weighted by atomic mass is 10.1. The Bertz CT molecular complexity index is 577. The summed E-state index contributed by atoms with van der Waals surface area (Å²) >= 11 is 0. The zero-order chi connectivity index (χ0) is 16.3. The van der Waals surface area contributed by atoms with Crippen LogP contribution in [0.15, 0.2) is 48.8 Å². The summed E-state index contributed by atoms with van der Waals surface area (Å²) in [6, 6.07) is 12.0. The van der Waals surface area contributed by atoms with Crippen molar-refractivity contribution in [1.82, 2.24) is 4.98 Å². The summed E-state index contributed by atoms with van der Waals surface area (Å²) in [5.41, 5.74) is 2.26. The average molecular weight is 313 g/mol. The number of pyridine rings is 1. The van der Waals surface area contributed by atoms with Crippen molar-refractivity contribution < 1.29 is 14.2 Å². The summed E-state index contributed by atoms with van der Waals surface area (Å²) < 4.78 is 16.0. The van der Waals surface area contributed by atoms with E-state index >= 15 is 0 Å². The van der Waals surface area contributed by atoms with Crippen LogP contribution in [0.3, 0.4) is 0 Å². The summed E-state index contributed by atoms with van der Waals surface area (Å²) in [7, 11) is 3.29. The van der Waals surface area contributed by atoms with E-state index < -0.39 is 0 Å². The van der Waals surface area contributed by atoms with Gasteiger partial charge in [0.2, 0.25) is 0 Å². The molecule has 0 saturated carbocycles. The number of nitrogens with zero attached hydrogens (tertiary/aromatic N) is 1. The summed E-state index contributed by atoms with van der Waals surface area (Å²) in [5, 5.41) is 0. The number of ether oxygens (including phenoxy) is 3. The van der Waals surface area contributed by atoms with Crippen LogP contribution in [0.4, 0.5) is 0 Å². The van der Waals surface area contributed by atoms with E-state index in [1.165, 1.54) is 0 Å². The number of methoxy groups -OCH3 is 2. The van der Waals surface area contributed by atoms with Crippen LogP contribution < -0.4 is 4.74 Å². The lowest BCUT2D eigenvalue weighted by Gasteiger charge is -2.13. The molecule has 0 unspecified atom stereocenters. The first kappa shape index (κ1) is 17.2. The summed E-state index contributed by atoms with van der Waals surface area (Å²) in [5.74, 6) is 0.873. The van der Waals surface area contributed by atoms with Crippen LogP contribution in [0, 0.1) is 0 Å². The molecule has 2 rings (SSSR count). The Hall–Kier alpha value is -2.17. The van der Waals surface area contributed by atoms with Gasteiger partial charge in [-0.3, -0.25) is 4.98 Å². The molecular weight excluding hydrogens is 290 g/mol. The Balaban J connectivity index is 1.77. The summed E-state index contributed by atoms with van der Waals surface area (Å²) in [4.78, 5) is 4.00. The molecule has 2 aromatic rings. The Kier molecular flexibility index (Phi) is 7.30. The number of benzene rings is 1. The maximum absolute atomic E-state index is 5.72. The molecule has 0 spiro atoms. The summed E-state index contributed by atoms with van der Waals surface area (Å²) in [6.45, 7) is 0.648. The van der Waals surface area contributed by atoms with Crippen LogP contribution in [0.1, 0.15) is 24.0 Å². The minimum absolute atomic E-state index is 0.153. The van der Waals surface area contributed by atoms with Gasteiger partial charge in [0, 0.05) is 33.0 Å². The van der Waals surface area contributed by atoms with Gasteiger partial charge in [0.05, 0.1) is 6.61 Å². The fraction of sp³-hybridized carbons (Fsp3) is 0.316. The molecule has 0 fully saturated rings. The minimum atomic E-state index is -0.153. The predicted molar refractivity (Wildman–Crippen MR) is 92.1 cm³/mol. The number of hydrogen-bond acceptors (Lipinski definition) is 4. The van der Waals surface area contributed by atoms with E-state index in [4.69, 9.17) is 14.2 Å². The largest absolute Gasteiger partial charge is 0.494 e. The van der Waals surface area contributed by atoms with E-state index in [2.05, 4.69) is 17.1 Å². The van der Waals surface area contributed by atoms with Gasteiger partial charge in [-0.1, -0.05) is 24.3 Å². The molecule has 1 aromatic carbocycles. The van der Waals surface area contributed by atoms with Crippen molar-refractivity contribution in [3.63, 3.8) is 0 Å². The third-order valence-corrected chi connectivity index (χ3v) is 3.43. The predicted octanol–water partition coefficient (Wildman–Crippen LogP) is 4.03. The Labute approximate surface area is 137 Å². The Morgan fingerprint density at radius 3 is 2.13 bits per heavy atom. The van der Waals surface area contributed by atoms with Gasteiger partial charge in [0.15, 0.2) is 6.29 Å². The van der Waals surface area contributed by atoms with Crippen molar-refractivity contribution in [3.05, 3.63) is 59.9 Å². The lowest BCUT2D eigenvalue weighted by molar-refractivity contribution is -0.107. The van der Waals surface area contributed by atoms with E-state index in [-0.39, 0.29) is 6.29 Å². The van der Waals surface area contributed by atoms with Gasteiger partial charge >= 0.3 is 0 Å². The Morgan fingerprint density at radius 1 is 0.913 bits per heavy atom. The molecule has 0 atom stereocenters.